The Morgan fingerprint density at radius 1 is 1.21 bits per heavy atom. The molecule has 1 aromatic heterocycles. The first-order valence-corrected chi connectivity index (χ1v) is 9.09. The predicted molar refractivity (Wildman–Crippen MR) is 95.0 cm³/mol. The van der Waals surface area contributed by atoms with Crippen molar-refractivity contribution in [2.45, 2.75) is 33.1 Å². The maximum absolute atomic E-state index is 9.83. The monoisotopic (exact) mass is 328 g/mol. The second kappa shape index (κ2) is 7.50. The number of aliphatic hydroxyl groups is 1. The zero-order chi connectivity index (χ0) is 17.1. The van der Waals surface area contributed by atoms with Crippen LogP contribution in [0.1, 0.15) is 36.1 Å². The van der Waals surface area contributed by atoms with E-state index in [-0.39, 0.29) is 12.5 Å². The molecule has 0 aromatic carbocycles. The van der Waals surface area contributed by atoms with Gasteiger partial charge in [0.05, 0.1) is 5.56 Å². The van der Waals surface area contributed by atoms with Gasteiger partial charge in [0, 0.05) is 37.9 Å². The van der Waals surface area contributed by atoms with Gasteiger partial charge >= 0.3 is 0 Å². The third kappa shape index (κ3) is 3.55. The lowest BCUT2D eigenvalue weighted by molar-refractivity contribution is 0.149. The fourth-order valence-corrected chi connectivity index (χ4v) is 4.02. The zero-order valence-corrected chi connectivity index (χ0v) is 14.8. The van der Waals surface area contributed by atoms with Crippen LogP contribution in [0.25, 0.3) is 0 Å². The zero-order valence-electron chi connectivity index (χ0n) is 14.8. The Hall–Kier alpha value is -1.64. The van der Waals surface area contributed by atoms with Crippen molar-refractivity contribution < 1.29 is 5.11 Å². The lowest BCUT2D eigenvalue weighted by atomic mass is 9.95. The number of likely N-dealkylation sites (tertiary alicyclic amines) is 1. The highest BCUT2D eigenvalue weighted by Crippen LogP contribution is 2.31. The largest absolute Gasteiger partial charge is 0.396 e. The van der Waals surface area contributed by atoms with Crippen LogP contribution < -0.4 is 4.90 Å². The number of aliphatic hydroxyl groups excluding tert-OH is 1. The van der Waals surface area contributed by atoms with Crippen molar-refractivity contribution in [2.24, 2.45) is 11.8 Å². The van der Waals surface area contributed by atoms with Gasteiger partial charge in [-0.05, 0) is 57.3 Å². The Kier molecular flexibility index (Phi) is 5.37. The number of anilines is 1. The van der Waals surface area contributed by atoms with E-state index in [0.717, 1.165) is 36.7 Å². The molecule has 0 saturated carbocycles. The highest BCUT2D eigenvalue weighted by atomic mass is 16.3. The molecule has 0 aliphatic carbocycles. The summed E-state index contributed by atoms with van der Waals surface area (Å²) in [6.45, 7) is 9.28. The van der Waals surface area contributed by atoms with Gasteiger partial charge in [-0.25, -0.2) is 4.98 Å². The van der Waals surface area contributed by atoms with E-state index in [0.29, 0.717) is 11.5 Å². The van der Waals surface area contributed by atoms with Crippen LogP contribution in [0.3, 0.4) is 0 Å². The summed E-state index contributed by atoms with van der Waals surface area (Å²) in [4.78, 5) is 9.43. The summed E-state index contributed by atoms with van der Waals surface area (Å²) < 4.78 is 0. The number of nitriles is 1. The molecule has 3 rings (SSSR count). The number of rotatable bonds is 4. The lowest BCUT2D eigenvalue weighted by Gasteiger charge is -2.30. The minimum Gasteiger partial charge on any atom is -0.396 e. The molecule has 0 bridgehead atoms. The predicted octanol–water partition coefficient (Wildman–Crippen LogP) is 2.10. The van der Waals surface area contributed by atoms with E-state index in [1.807, 2.05) is 19.9 Å². The maximum atomic E-state index is 9.83. The first kappa shape index (κ1) is 17.2. The van der Waals surface area contributed by atoms with E-state index in [2.05, 4.69) is 20.9 Å². The summed E-state index contributed by atoms with van der Waals surface area (Å²) >= 11 is 0. The molecule has 5 heteroatoms. The quantitative estimate of drug-likeness (QED) is 0.917. The maximum Gasteiger partial charge on any atom is 0.146 e. The molecule has 130 valence electrons. The summed E-state index contributed by atoms with van der Waals surface area (Å²) in [5, 5.41) is 19.3. The first-order chi connectivity index (χ1) is 11.6. The van der Waals surface area contributed by atoms with Crippen molar-refractivity contribution in [3.05, 3.63) is 22.9 Å². The standard InChI is InChI=1S/C19H28N4O/c1-14-8-16(9-20)19(21-15(14)2)23-11-17(18(12-23)13-24)10-22-6-4-3-5-7-22/h8,17-18,24H,3-7,10-13H2,1-2H3/t17-,18-/m1/s1. The fourth-order valence-electron chi connectivity index (χ4n) is 4.02. The van der Waals surface area contributed by atoms with Crippen molar-refractivity contribution in [3.8, 4) is 6.07 Å². The molecule has 2 fully saturated rings. The molecule has 1 aromatic rings. The van der Waals surface area contributed by atoms with Crippen LogP contribution in [-0.2, 0) is 0 Å². The van der Waals surface area contributed by atoms with Gasteiger partial charge in [-0.15, -0.1) is 0 Å². The van der Waals surface area contributed by atoms with E-state index in [1.165, 1.54) is 32.4 Å². The van der Waals surface area contributed by atoms with Crippen LogP contribution in [-0.4, -0.2) is 54.3 Å². The minimum atomic E-state index is 0.210. The Morgan fingerprint density at radius 2 is 1.92 bits per heavy atom. The molecule has 5 nitrogen and oxygen atoms in total. The van der Waals surface area contributed by atoms with Crippen molar-refractivity contribution >= 4 is 5.82 Å². The Labute approximate surface area is 144 Å². The van der Waals surface area contributed by atoms with Crippen LogP contribution in [0.4, 0.5) is 5.82 Å². The Bertz CT molecular complexity index is 619. The molecule has 0 unspecified atom stereocenters. The van der Waals surface area contributed by atoms with Gasteiger partial charge in [-0.1, -0.05) is 6.42 Å². The topological polar surface area (TPSA) is 63.4 Å². The summed E-state index contributed by atoms with van der Waals surface area (Å²) in [6.07, 6.45) is 3.92. The summed E-state index contributed by atoms with van der Waals surface area (Å²) in [7, 11) is 0. The molecule has 2 aliphatic rings. The average Bonchev–Trinajstić information content (AvgIpc) is 3.00. The molecule has 2 aliphatic heterocycles. The molecule has 0 spiro atoms. The fraction of sp³-hybridized carbons (Fsp3) is 0.684. The molecular formula is C19H28N4O. The van der Waals surface area contributed by atoms with Crippen LogP contribution in [0.5, 0.6) is 0 Å². The summed E-state index contributed by atoms with van der Waals surface area (Å²) in [5.74, 6) is 1.50. The lowest BCUT2D eigenvalue weighted by Crippen LogP contribution is -2.37. The third-order valence-corrected chi connectivity index (χ3v) is 5.62. The van der Waals surface area contributed by atoms with E-state index in [1.54, 1.807) is 0 Å². The number of piperidine rings is 1. The van der Waals surface area contributed by atoms with Crippen molar-refractivity contribution in [2.75, 3.05) is 44.2 Å². The highest BCUT2D eigenvalue weighted by molar-refractivity contribution is 5.56. The second-order valence-corrected chi connectivity index (χ2v) is 7.34. The number of nitrogens with zero attached hydrogens (tertiary/aromatic N) is 4. The molecule has 1 N–H and O–H groups in total. The normalized spacial score (nSPS) is 25.0. The van der Waals surface area contributed by atoms with Gasteiger partial charge in [0.25, 0.3) is 0 Å². The van der Waals surface area contributed by atoms with Gasteiger partial charge in [0.1, 0.15) is 11.9 Å². The molecular weight excluding hydrogens is 300 g/mol. The van der Waals surface area contributed by atoms with Crippen molar-refractivity contribution in [1.29, 1.82) is 5.26 Å². The van der Waals surface area contributed by atoms with E-state index in [4.69, 9.17) is 0 Å². The molecule has 24 heavy (non-hydrogen) atoms. The van der Waals surface area contributed by atoms with Gasteiger partial charge < -0.3 is 14.9 Å². The van der Waals surface area contributed by atoms with Crippen molar-refractivity contribution in [1.82, 2.24) is 9.88 Å². The smallest absolute Gasteiger partial charge is 0.146 e. The SMILES string of the molecule is Cc1cc(C#N)c(N2C[C@@H](CN3CCCCC3)[C@@H](CO)C2)nc1C. The van der Waals surface area contributed by atoms with E-state index >= 15 is 0 Å². The van der Waals surface area contributed by atoms with Crippen LogP contribution >= 0.6 is 0 Å². The average molecular weight is 328 g/mol. The summed E-state index contributed by atoms with van der Waals surface area (Å²) in [6, 6.07) is 4.23. The number of aryl methyl sites for hydroxylation is 2. The number of hydrogen-bond acceptors (Lipinski definition) is 5. The molecule has 2 atom stereocenters. The number of pyridine rings is 1. The summed E-state index contributed by atoms with van der Waals surface area (Å²) in [5.41, 5.74) is 2.68. The Balaban J connectivity index is 1.76. The van der Waals surface area contributed by atoms with Gasteiger partial charge in [-0.3, -0.25) is 0 Å². The molecule has 0 amide bonds. The van der Waals surface area contributed by atoms with E-state index < -0.39 is 0 Å². The van der Waals surface area contributed by atoms with Crippen LogP contribution in [0.15, 0.2) is 6.07 Å². The van der Waals surface area contributed by atoms with Gasteiger partial charge in [0.2, 0.25) is 0 Å². The number of hydrogen-bond donors (Lipinski definition) is 1. The Morgan fingerprint density at radius 3 is 2.58 bits per heavy atom. The molecule has 0 radical (unpaired) electrons. The molecule has 2 saturated heterocycles. The van der Waals surface area contributed by atoms with Crippen LogP contribution in [0, 0.1) is 37.0 Å². The first-order valence-electron chi connectivity index (χ1n) is 9.09. The highest BCUT2D eigenvalue weighted by Gasteiger charge is 2.35. The van der Waals surface area contributed by atoms with Gasteiger partial charge in [0.15, 0.2) is 0 Å². The minimum absolute atomic E-state index is 0.210. The third-order valence-electron chi connectivity index (χ3n) is 5.62. The second-order valence-electron chi connectivity index (χ2n) is 7.34. The van der Waals surface area contributed by atoms with Crippen LogP contribution in [0.2, 0.25) is 0 Å². The van der Waals surface area contributed by atoms with Gasteiger partial charge in [-0.2, -0.15) is 5.26 Å². The van der Waals surface area contributed by atoms with E-state index in [9.17, 15) is 10.4 Å². The molecule has 3 heterocycles. The number of aromatic nitrogens is 1. The van der Waals surface area contributed by atoms with Crippen molar-refractivity contribution in [3.63, 3.8) is 0 Å².